The number of fused-ring (bicyclic) bond motifs is 1. The molecule has 0 saturated heterocycles. The third-order valence-electron chi connectivity index (χ3n) is 6.39. The number of carbonyl (C=O) groups excluding carboxylic acids is 1. The van der Waals surface area contributed by atoms with Crippen molar-refractivity contribution >= 4 is 40.0 Å². The minimum Gasteiger partial charge on any atom is -0.493 e. The second-order valence-corrected chi connectivity index (χ2v) is 10.4. The fourth-order valence-electron chi connectivity index (χ4n) is 4.41. The maximum Gasteiger partial charge on any atom is 0.350 e. The molecule has 4 rings (SSSR count). The van der Waals surface area contributed by atoms with Gasteiger partial charge in [-0.25, -0.2) is 9.78 Å². The van der Waals surface area contributed by atoms with Crippen LogP contribution < -0.4 is 29.7 Å². The Morgan fingerprint density at radius 3 is 2.45 bits per heavy atom. The summed E-state index contributed by atoms with van der Waals surface area (Å²) < 4.78 is 21.7. The predicted octanol–water partition coefficient (Wildman–Crippen LogP) is 3.72. The number of methoxy groups -OCH3 is 3. The summed E-state index contributed by atoms with van der Waals surface area (Å²) in [6.45, 7) is 6.92. The molecule has 40 heavy (non-hydrogen) atoms. The van der Waals surface area contributed by atoms with Crippen LogP contribution in [0.15, 0.2) is 12.1 Å². The molecule has 1 aliphatic heterocycles. The number of carbonyl (C=O) groups is 1. The zero-order valence-corrected chi connectivity index (χ0v) is 24.9. The number of nitrogens with one attached hydrogen (secondary N) is 2. The standard InChI is InChI=1S/C27H37N7O5S/c1-8-39-25(35)22-16(2)29-27(40-22)32-26-30-23(18-9-10-34(24(18)31-26)12-11-33(3)4)28-15-17-13-19(36-5)21(38-7)20(14-17)37-6/h13-14H,8-12,15H2,1-7H3,(H2,28,29,30,31,32). The third kappa shape index (κ3) is 6.48. The summed E-state index contributed by atoms with van der Waals surface area (Å²) in [5.74, 6) is 3.33. The summed E-state index contributed by atoms with van der Waals surface area (Å²) in [5.41, 5.74) is 2.59. The SMILES string of the molecule is CCOC(=O)c1sc(Nc2nc(NCc3cc(OC)c(OC)c(OC)c3)c3c(n2)N(CCN(C)C)CC3)nc1C. The van der Waals surface area contributed by atoms with E-state index in [0.717, 1.165) is 48.8 Å². The first-order chi connectivity index (χ1) is 19.3. The van der Waals surface area contributed by atoms with Crippen molar-refractivity contribution in [2.45, 2.75) is 26.8 Å². The lowest BCUT2D eigenvalue weighted by molar-refractivity contribution is 0.0531. The van der Waals surface area contributed by atoms with Gasteiger partial charge in [0.2, 0.25) is 11.7 Å². The molecule has 0 bridgehead atoms. The van der Waals surface area contributed by atoms with Gasteiger partial charge < -0.3 is 34.1 Å². The molecule has 3 aromatic rings. The second-order valence-electron chi connectivity index (χ2n) is 9.40. The number of rotatable bonds is 13. The molecule has 12 nitrogen and oxygen atoms in total. The molecule has 2 N–H and O–H groups in total. The molecule has 1 aliphatic rings. The molecule has 216 valence electrons. The highest BCUT2D eigenvalue weighted by Crippen LogP contribution is 2.39. The predicted molar refractivity (Wildman–Crippen MR) is 156 cm³/mol. The Hall–Kier alpha value is -3.84. The molecule has 0 spiro atoms. The molecular weight excluding hydrogens is 534 g/mol. The van der Waals surface area contributed by atoms with Crippen molar-refractivity contribution in [1.29, 1.82) is 0 Å². The lowest BCUT2D eigenvalue weighted by atomic mass is 10.1. The van der Waals surface area contributed by atoms with Crippen LogP contribution in [0.3, 0.4) is 0 Å². The van der Waals surface area contributed by atoms with Gasteiger partial charge in [0.1, 0.15) is 16.5 Å². The zero-order valence-electron chi connectivity index (χ0n) is 24.1. The van der Waals surface area contributed by atoms with E-state index < -0.39 is 0 Å². The maximum absolute atomic E-state index is 12.3. The van der Waals surface area contributed by atoms with Crippen LogP contribution in [-0.4, -0.2) is 87.5 Å². The van der Waals surface area contributed by atoms with E-state index in [4.69, 9.17) is 28.9 Å². The van der Waals surface area contributed by atoms with Crippen LogP contribution in [-0.2, 0) is 17.7 Å². The summed E-state index contributed by atoms with van der Waals surface area (Å²) in [6.07, 6.45) is 0.823. The van der Waals surface area contributed by atoms with Crippen LogP contribution in [0.5, 0.6) is 17.2 Å². The zero-order chi connectivity index (χ0) is 28.8. The first-order valence-corrected chi connectivity index (χ1v) is 13.8. The Morgan fingerprint density at radius 2 is 1.82 bits per heavy atom. The van der Waals surface area contributed by atoms with Crippen molar-refractivity contribution in [2.75, 3.05) is 77.2 Å². The molecule has 0 amide bonds. The fraction of sp³-hybridized carbons (Fsp3) is 0.481. The monoisotopic (exact) mass is 571 g/mol. The van der Waals surface area contributed by atoms with Crippen LogP contribution in [0.4, 0.5) is 22.7 Å². The Labute approximate surface area is 238 Å². The average Bonchev–Trinajstić information content (AvgIpc) is 3.52. The van der Waals surface area contributed by atoms with E-state index in [9.17, 15) is 4.79 Å². The van der Waals surface area contributed by atoms with E-state index in [1.165, 1.54) is 11.3 Å². The number of aryl methyl sites for hydroxylation is 1. The maximum atomic E-state index is 12.3. The third-order valence-corrected chi connectivity index (χ3v) is 7.45. The van der Waals surface area contributed by atoms with Crippen molar-refractivity contribution in [1.82, 2.24) is 19.9 Å². The number of aromatic nitrogens is 3. The molecule has 0 unspecified atom stereocenters. The van der Waals surface area contributed by atoms with Gasteiger partial charge in [-0.1, -0.05) is 11.3 Å². The highest BCUT2D eigenvalue weighted by Gasteiger charge is 2.27. The normalized spacial score (nSPS) is 12.3. The van der Waals surface area contributed by atoms with E-state index in [1.54, 1.807) is 35.2 Å². The van der Waals surface area contributed by atoms with Crippen LogP contribution in [0, 0.1) is 6.92 Å². The van der Waals surface area contributed by atoms with E-state index in [0.29, 0.717) is 52.1 Å². The molecule has 2 aromatic heterocycles. The number of ether oxygens (including phenoxy) is 4. The van der Waals surface area contributed by atoms with E-state index >= 15 is 0 Å². The number of nitrogens with zero attached hydrogens (tertiary/aromatic N) is 5. The minimum absolute atomic E-state index is 0.302. The molecule has 0 saturated carbocycles. The van der Waals surface area contributed by atoms with Crippen LogP contribution >= 0.6 is 11.3 Å². The van der Waals surface area contributed by atoms with Gasteiger partial charge in [0, 0.05) is 31.7 Å². The number of hydrogen-bond donors (Lipinski definition) is 2. The molecule has 13 heteroatoms. The summed E-state index contributed by atoms with van der Waals surface area (Å²) in [7, 11) is 8.89. The van der Waals surface area contributed by atoms with Gasteiger partial charge in [-0.15, -0.1) is 0 Å². The van der Waals surface area contributed by atoms with Gasteiger partial charge in [-0.3, -0.25) is 5.32 Å². The van der Waals surface area contributed by atoms with Crippen molar-refractivity contribution in [2.24, 2.45) is 0 Å². The van der Waals surface area contributed by atoms with Crippen molar-refractivity contribution in [3.8, 4) is 17.2 Å². The molecule has 0 aliphatic carbocycles. The molecule has 0 fully saturated rings. The highest BCUT2D eigenvalue weighted by atomic mass is 32.1. The summed E-state index contributed by atoms with van der Waals surface area (Å²) in [6, 6.07) is 3.82. The van der Waals surface area contributed by atoms with E-state index in [2.05, 4.69) is 39.5 Å². The van der Waals surface area contributed by atoms with Gasteiger partial charge >= 0.3 is 5.97 Å². The quantitative estimate of drug-likeness (QED) is 0.291. The second kappa shape index (κ2) is 13.0. The topological polar surface area (TPSA) is 123 Å². The summed E-state index contributed by atoms with van der Waals surface area (Å²) >= 11 is 1.22. The minimum atomic E-state index is -0.386. The van der Waals surface area contributed by atoms with Crippen molar-refractivity contribution < 1.29 is 23.7 Å². The number of esters is 1. The Balaban J connectivity index is 1.64. The number of hydrogen-bond acceptors (Lipinski definition) is 13. The molecule has 0 radical (unpaired) electrons. The number of likely N-dealkylation sites (N-methyl/N-ethyl adjacent to an activating group) is 1. The molecule has 3 heterocycles. The first kappa shape index (κ1) is 29.2. The van der Waals surface area contributed by atoms with E-state index in [-0.39, 0.29) is 5.97 Å². The number of thiazole rings is 1. The lowest BCUT2D eigenvalue weighted by Crippen LogP contribution is -2.30. The summed E-state index contributed by atoms with van der Waals surface area (Å²) in [4.78, 5) is 31.4. The molecule has 0 atom stereocenters. The van der Waals surface area contributed by atoms with Gasteiger partial charge in [0.25, 0.3) is 0 Å². The number of anilines is 4. The van der Waals surface area contributed by atoms with Crippen molar-refractivity contribution in [3.63, 3.8) is 0 Å². The highest BCUT2D eigenvalue weighted by molar-refractivity contribution is 7.17. The van der Waals surface area contributed by atoms with E-state index in [1.807, 2.05) is 12.1 Å². The fourth-order valence-corrected chi connectivity index (χ4v) is 5.27. The van der Waals surface area contributed by atoms with Crippen molar-refractivity contribution in [3.05, 3.63) is 33.8 Å². The van der Waals surface area contributed by atoms with Gasteiger partial charge in [-0.05, 0) is 52.1 Å². The van der Waals surface area contributed by atoms with Gasteiger partial charge in [0.05, 0.1) is 33.6 Å². The van der Waals surface area contributed by atoms with Crippen LogP contribution in [0.25, 0.3) is 0 Å². The number of benzene rings is 1. The molecule has 1 aromatic carbocycles. The first-order valence-electron chi connectivity index (χ1n) is 13.0. The van der Waals surface area contributed by atoms with Gasteiger partial charge in [-0.2, -0.15) is 9.97 Å². The van der Waals surface area contributed by atoms with Crippen LogP contribution in [0.2, 0.25) is 0 Å². The van der Waals surface area contributed by atoms with Crippen LogP contribution in [0.1, 0.15) is 33.4 Å². The van der Waals surface area contributed by atoms with Gasteiger partial charge in [0.15, 0.2) is 16.6 Å². The Kier molecular flexibility index (Phi) is 9.48. The smallest absolute Gasteiger partial charge is 0.350 e. The Bertz CT molecular complexity index is 1320. The summed E-state index contributed by atoms with van der Waals surface area (Å²) in [5, 5.41) is 7.23. The lowest BCUT2D eigenvalue weighted by Gasteiger charge is -2.21. The largest absolute Gasteiger partial charge is 0.493 e. The average molecular weight is 572 g/mol. The molecular formula is C27H37N7O5S. The Morgan fingerprint density at radius 1 is 1.10 bits per heavy atom.